The maximum Gasteiger partial charge on any atom is 0.261 e. The fourth-order valence-electron chi connectivity index (χ4n) is 2.95. The molecule has 1 fully saturated rings. The second-order valence-corrected chi connectivity index (χ2v) is 6.70. The molecule has 0 bridgehead atoms. The van der Waals surface area contributed by atoms with Crippen molar-refractivity contribution in [2.45, 2.75) is 37.8 Å². The largest absolute Gasteiger partial charge is 0.336 e. The van der Waals surface area contributed by atoms with Gasteiger partial charge in [-0.1, -0.05) is 15.9 Å². The first-order chi connectivity index (χ1) is 11.0. The Morgan fingerprint density at radius 3 is 2.87 bits per heavy atom. The van der Waals surface area contributed by atoms with Crippen LogP contribution in [-0.4, -0.2) is 21.0 Å². The van der Waals surface area contributed by atoms with Crippen LogP contribution in [-0.2, 0) is 11.3 Å². The predicted octanol–water partition coefficient (Wildman–Crippen LogP) is 2.11. The van der Waals surface area contributed by atoms with Crippen molar-refractivity contribution in [3.63, 3.8) is 0 Å². The Kier molecular flexibility index (Phi) is 4.18. The lowest BCUT2D eigenvalue weighted by Gasteiger charge is -2.22. The standard InChI is InChI=1S/C16H15BrN4O2/c17-11-3-4-13-12(7-11)15(23)21(10-19-13)8-14(22)20-16(9-18)5-1-2-6-16/h3-4,7,10H,1-2,5-6,8H2,(H,20,22). The van der Waals surface area contributed by atoms with Gasteiger partial charge in [0, 0.05) is 4.47 Å². The SMILES string of the molecule is N#CC1(NC(=O)Cn2cnc3ccc(Br)cc3c2=O)CCCC1. The molecule has 2 aromatic rings. The normalized spacial score (nSPS) is 16.2. The molecule has 23 heavy (non-hydrogen) atoms. The van der Waals surface area contributed by atoms with Crippen LogP contribution in [0.25, 0.3) is 10.9 Å². The molecule has 3 rings (SSSR count). The zero-order chi connectivity index (χ0) is 16.4. The van der Waals surface area contributed by atoms with Gasteiger partial charge in [-0.2, -0.15) is 5.26 Å². The third kappa shape index (κ3) is 3.13. The van der Waals surface area contributed by atoms with E-state index in [1.165, 1.54) is 10.9 Å². The highest BCUT2D eigenvalue weighted by Crippen LogP contribution is 2.28. The number of benzene rings is 1. The summed E-state index contributed by atoms with van der Waals surface area (Å²) in [6.07, 6.45) is 4.55. The van der Waals surface area contributed by atoms with Crippen molar-refractivity contribution in [2.24, 2.45) is 0 Å². The summed E-state index contributed by atoms with van der Waals surface area (Å²) in [6, 6.07) is 7.44. The van der Waals surface area contributed by atoms with Crippen LogP contribution in [0.4, 0.5) is 0 Å². The number of aromatic nitrogens is 2. The Labute approximate surface area is 141 Å². The minimum absolute atomic E-state index is 0.141. The highest BCUT2D eigenvalue weighted by Gasteiger charge is 2.35. The molecule has 1 saturated carbocycles. The van der Waals surface area contributed by atoms with E-state index in [1.54, 1.807) is 12.1 Å². The molecular formula is C16H15BrN4O2. The number of hydrogen-bond acceptors (Lipinski definition) is 4. The predicted molar refractivity (Wildman–Crippen MR) is 88.7 cm³/mol. The van der Waals surface area contributed by atoms with E-state index in [0.29, 0.717) is 23.7 Å². The van der Waals surface area contributed by atoms with Gasteiger partial charge < -0.3 is 5.32 Å². The lowest BCUT2D eigenvalue weighted by molar-refractivity contribution is -0.123. The van der Waals surface area contributed by atoms with Gasteiger partial charge >= 0.3 is 0 Å². The Bertz CT molecular complexity index is 862. The van der Waals surface area contributed by atoms with Gasteiger partial charge in [0.15, 0.2) is 0 Å². The minimum Gasteiger partial charge on any atom is -0.336 e. The van der Waals surface area contributed by atoms with Crippen molar-refractivity contribution in [1.82, 2.24) is 14.9 Å². The van der Waals surface area contributed by atoms with Crippen molar-refractivity contribution in [3.8, 4) is 6.07 Å². The fourth-order valence-corrected chi connectivity index (χ4v) is 3.31. The molecule has 0 unspecified atom stereocenters. The molecule has 0 saturated heterocycles. The average molecular weight is 375 g/mol. The van der Waals surface area contributed by atoms with Crippen LogP contribution in [0.15, 0.2) is 33.8 Å². The van der Waals surface area contributed by atoms with Gasteiger partial charge in [-0.3, -0.25) is 14.2 Å². The molecule has 1 N–H and O–H groups in total. The van der Waals surface area contributed by atoms with Gasteiger partial charge in [-0.05, 0) is 43.9 Å². The third-order valence-corrected chi connectivity index (χ3v) is 4.64. The molecule has 1 aliphatic carbocycles. The summed E-state index contributed by atoms with van der Waals surface area (Å²) < 4.78 is 2.05. The number of amides is 1. The number of fused-ring (bicyclic) bond motifs is 1. The number of halogens is 1. The van der Waals surface area contributed by atoms with Crippen molar-refractivity contribution in [2.75, 3.05) is 0 Å². The first-order valence-electron chi connectivity index (χ1n) is 7.40. The number of hydrogen-bond donors (Lipinski definition) is 1. The quantitative estimate of drug-likeness (QED) is 0.890. The molecule has 118 valence electrons. The van der Waals surface area contributed by atoms with Crippen LogP contribution in [0.2, 0.25) is 0 Å². The second kappa shape index (κ2) is 6.13. The van der Waals surface area contributed by atoms with E-state index in [1.807, 2.05) is 6.07 Å². The van der Waals surface area contributed by atoms with E-state index in [4.69, 9.17) is 0 Å². The first kappa shape index (κ1) is 15.7. The maximum atomic E-state index is 12.5. The highest BCUT2D eigenvalue weighted by atomic mass is 79.9. The Balaban J connectivity index is 1.84. The molecule has 0 aliphatic heterocycles. The van der Waals surface area contributed by atoms with Crippen LogP contribution >= 0.6 is 15.9 Å². The lowest BCUT2D eigenvalue weighted by Crippen LogP contribution is -2.47. The summed E-state index contributed by atoms with van der Waals surface area (Å²) in [4.78, 5) is 28.9. The topological polar surface area (TPSA) is 87.8 Å². The van der Waals surface area contributed by atoms with E-state index < -0.39 is 5.54 Å². The summed E-state index contributed by atoms with van der Waals surface area (Å²) in [5.74, 6) is -0.341. The van der Waals surface area contributed by atoms with Crippen LogP contribution in [0.3, 0.4) is 0 Å². The Morgan fingerprint density at radius 2 is 2.17 bits per heavy atom. The number of carbonyl (C=O) groups excluding carboxylic acids is 1. The van der Waals surface area contributed by atoms with E-state index in [0.717, 1.165) is 17.3 Å². The van der Waals surface area contributed by atoms with Gasteiger partial charge in [0.1, 0.15) is 12.1 Å². The third-order valence-electron chi connectivity index (χ3n) is 4.15. The Morgan fingerprint density at radius 1 is 1.43 bits per heavy atom. The van der Waals surface area contributed by atoms with E-state index >= 15 is 0 Å². The van der Waals surface area contributed by atoms with Crippen molar-refractivity contribution >= 4 is 32.7 Å². The number of nitrogens with zero attached hydrogens (tertiary/aromatic N) is 3. The smallest absolute Gasteiger partial charge is 0.261 e. The first-order valence-corrected chi connectivity index (χ1v) is 8.19. The molecule has 1 aromatic carbocycles. The van der Waals surface area contributed by atoms with E-state index in [-0.39, 0.29) is 18.0 Å². The van der Waals surface area contributed by atoms with Gasteiger partial charge in [0.2, 0.25) is 5.91 Å². The summed E-state index contributed by atoms with van der Waals surface area (Å²) in [5.41, 5.74) is -0.475. The fraction of sp³-hybridized carbons (Fsp3) is 0.375. The van der Waals surface area contributed by atoms with Gasteiger partial charge in [-0.15, -0.1) is 0 Å². The molecule has 0 radical (unpaired) electrons. The van der Waals surface area contributed by atoms with Crippen LogP contribution in [0.1, 0.15) is 25.7 Å². The summed E-state index contributed by atoms with van der Waals surface area (Å²) in [6.45, 7) is -0.141. The maximum absolute atomic E-state index is 12.5. The van der Waals surface area contributed by atoms with Crippen LogP contribution in [0.5, 0.6) is 0 Å². The van der Waals surface area contributed by atoms with Crippen molar-refractivity contribution in [3.05, 3.63) is 39.4 Å². The van der Waals surface area contributed by atoms with E-state index in [2.05, 4.69) is 32.3 Å². The zero-order valence-corrected chi connectivity index (χ0v) is 14.0. The van der Waals surface area contributed by atoms with Crippen molar-refractivity contribution < 1.29 is 4.79 Å². The second-order valence-electron chi connectivity index (χ2n) is 5.79. The molecular weight excluding hydrogens is 360 g/mol. The summed E-state index contributed by atoms with van der Waals surface area (Å²) >= 11 is 3.33. The van der Waals surface area contributed by atoms with Crippen molar-refractivity contribution in [1.29, 1.82) is 5.26 Å². The molecule has 6 nitrogen and oxygen atoms in total. The van der Waals surface area contributed by atoms with Gasteiger partial charge in [-0.25, -0.2) is 4.98 Å². The molecule has 0 atom stereocenters. The monoisotopic (exact) mass is 374 g/mol. The van der Waals surface area contributed by atoms with E-state index in [9.17, 15) is 14.9 Å². The molecule has 0 spiro atoms. The molecule has 1 aliphatic rings. The number of nitrogens with one attached hydrogen (secondary N) is 1. The van der Waals surface area contributed by atoms with Crippen LogP contribution in [0, 0.1) is 11.3 Å². The average Bonchev–Trinajstić information content (AvgIpc) is 2.99. The van der Waals surface area contributed by atoms with Gasteiger partial charge in [0.05, 0.1) is 23.3 Å². The highest BCUT2D eigenvalue weighted by molar-refractivity contribution is 9.10. The summed E-state index contributed by atoms with van der Waals surface area (Å²) in [7, 11) is 0. The number of carbonyl (C=O) groups is 1. The zero-order valence-electron chi connectivity index (χ0n) is 12.4. The lowest BCUT2D eigenvalue weighted by atomic mass is 10.00. The molecule has 1 amide bonds. The minimum atomic E-state index is -0.784. The van der Waals surface area contributed by atoms with Crippen LogP contribution < -0.4 is 10.9 Å². The Hall–Kier alpha value is -2.20. The molecule has 1 heterocycles. The van der Waals surface area contributed by atoms with Gasteiger partial charge in [0.25, 0.3) is 5.56 Å². The summed E-state index contributed by atoms with van der Waals surface area (Å²) in [5, 5.41) is 12.5. The molecule has 1 aromatic heterocycles. The molecule has 7 heteroatoms. The number of nitriles is 1. The number of rotatable bonds is 3.